The summed E-state index contributed by atoms with van der Waals surface area (Å²) >= 11 is 5.74. The maximum absolute atomic E-state index is 12.0. The topological polar surface area (TPSA) is 84.5 Å². The number of aryl methyl sites for hydroxylation is 2. The fraction of sp³-hybridized carbons (Fsp3) is 0.211. The van der Waals surface area contributed by atoms with Gasteiger partial charge in [-0.25, -0.2) is 4.79 Å². The largest absolute Gasteiger partial charge is 0.452 e. The number of carbonyl (C=O) groups is 3. The first-order valence-corrected chi connectivity index (χ1v) is 8.30. The van der Waals surface area contributed by atoms with Crippen molar-refractivity contribution >= 4 is 35.1 Å². The van der Waals surface area contributed by atoms with Crippen molar-refractivity contribution in [3.05, 3.63) is 64.2 Å². The summed E-state index contributed by atoms with van der Waals surface area (Å²) in [6.45, 7) is 3.08. The summed E-state index contributed by atoms with van der Waals surface area (Å²) in [7, 11) is 0. The Morgan fingerprint density at radius 1 is 0.962 bits per heavy atom. The summed E-state index contributed by atoms with van der Waals surface area (Å²) in [6.07, 6.45) is 0. The molecule has 0 saturated carbocycles. The Kier molecular flexibility index (Phi) is 6.74. The van der Waals surface area contributed by atoms with Crippen LogP contribution in [0.25, 0.3) is 0 Å². The van der Waals surface area contributed by atoms with Crippen LogP contribution in [0.15, 0.2) is 42.5 Å². The lowest BCUT2D eigenvalue weighted by atomic mass is 10.1. The van der Waals surface area contributed by atoms with Gasteiger partial charge >= 0.3 is 5.97 Å². The maximum Gasteiger partial charge on any atom is 0.338 e. The summed E-state index contributed by atoms with van der Waals surface area (Å²) in [4.78, 5) is 35.5. The van der Waals surface area contributed by atoms with E-state index >= 15 is 0 Å². The average Bonchev–Trinajstić information content (AvgIpc) is 2.61. The SMILES string of the molecule is Cc1cccc(C)c1NC(=O)CNC(=O)COC(=O)c1ccc(Cl)cc1. The molecule has 0 aliphatic heterocycles. The van der Waals surface area contributed by atoms with E-state index in [1.54, 1.807) is 12.1 Å². The molecule has 0 aliphatic carbocycles. The lowest BCUT2D eigenvalue weighted by Gasteiger charge is -2.12. The van der Waals surface area contributed by atoms with Gasteiger partial charge in [0.2, 0.25) is 5.91 Å². The third-order valence-corrected chi connectivity index (χ3v) is 3.86. The van der Waals surface area contributed by atoms with Gasteiger partial charge in [-0.1, -0.05) is 29.8 Å². The molecular weight excluding hydrogens is 356 g/mol. The number of para-hydroxylation sites is 1. The predicted octanol–water partition coefficient (Wildman–Crippen LogP) is 2.87. The van der Waals surface area contributed by atoms with Gasteiger partial charge in [0.05, 0.1) is 12.1 Å². The van der Waals surface area contributed by atoms with E-state index in [9.17, 15) is 14.4 Å². The number of halogens is 1. The quantitative estimate of drug-likeness (QED) is 0.761. The van der Waals surface area contributed by atoms with E-state index in [0.717, 1.165) is 16.8 Å². The molecular formula is C19H19ClN2O4. The molecule has 6 nitrogen and oxygen atoms in total. The van der Waals surface area contributed by atoms with Crippen molar-refractivity contribution in [2.45, 2.75) is 13.8 Å². The van der Waals surface area contributed by atoms with E-state index in [4.69, 9.17) is 16.3 Å². The van der Waals surface area contributed by atoms with Gasteiger partial charge in [-0.05, 0) is 49.2 Å². The van der Waals surface area contributed by atoms with E-state index in [2.05, 4.69) is 10.6 Å². The molecule has 0 radical (unpaired) electrons. The van der Waals surface area contributed by atoms with Gasteiger partial charge < -0.3 is 15.4 Å². The van der Waals surface area contributed by atoms with Crippen LogP contribution >= 0.6 is 11.6 Å². The fourth-order valence-corrected chi connectivity index (χ4v) is 2.35. The zero-order valence-electron chi connectivity index (χ0n) is 14.5. The monoisotopic (exact) mass is 374 g/mol. The smallest absolute Gasteiger partial charge is 0.338 e. The first-order chi connectivity index (χ1) is 12.4. The predicted molar refractivity (Wildman–Crippen MR) is 99.3 cm³/mol. The van der Waals surface area contributed by atoms with E-state index in [1.165, 1.54) is 12.1 Å². The Morgan fingerprint density at radius 2 is 1.58 bits per heavy atom. The Hall–Kier alpha value is -2.86. The van der Waals surface area contributed by atoms with Crippen molar-refractivity contribution in [1.82, 2.24) is 5.32 Å². The van der Waals surface area contributed by atoms with Crippen LogP contribution in [-0.2, 0) is 14.3 Å². The molecule has 0 unspecified atom stereocenters. The van der Waals surface area contributed by atoms with Gasteiger partial charge in [-0.15, -0.1) is 0 Å². The third-order valence-electron chi connectivity index (χ3n) is 3.61. The molecule has 26 heavy (non-hydrogen) atoms. The lowest BCUT2D eigenvalue weighted by Crippen LogP contribution is -2.35. The summed E-state index contributed by atoms with van der Waals surface area (Å²) in [5.74, 6) is -1.57. The summed E-state index contributed by atoms with van der Waals surface area (Å²) in [6, 6.07) is 11.8. The first kappa shape index (κ1) is 19.5. The number of hydrogen-bond acceptors (Lipinski definition) is 4. The summed E-state index contributed by atoms with van der Waals surface area (Å²) < 4.78 is 4.89. The molecule has 2 rings (SSSR count). The minimum atomic E-state index is -0.642. The molecule has 7 heteroatoms. The van der Waals surface area contributed by atoms with Crippen molar-refractivity contribution in [1.29, 1.82) is 0 Å². The van der Waals surface area contributed by atoms with Crippen LogP contribution in [0, 0.1) is 13.8 Å². The highest BCUT2D eigenvalue weighted by Gasteiger charge is 2.12. The Labute approximate surface area is 156 Å². The molecule has 2 N–H and O–H groups in total. The minimum absolute atomic E-state index is 0.217. The second-order valence-corrected chi connectivity index (χ2v) is 6.11. The number of nitrogens with one attached hydrogen (secondary N) is 2. The van der Waals surface area contributed by atoms with Gasteiger partial charge in [0.1, 0.15) is 0 Å². The van der Waals surface area contributed by atoms with Crippen LogP contribution in [0.5, 0.6) is 0 Å². The molecule has 0 saturated heterocycles. The number of carbonyl (C=O) groups excluding carboxylic acids is 3. The minimum Gasteiger partial charge on any atom is -0.452 e. The van der Waals surface area contributed by atoms with Crippen molar-refractivity contribution in [2.75, 3.05) is 18.5 Å². The lowest BCUT2D eigenvalue weighted by molar-refractivity contribution is -0.126. The Morgan fingerprint density at radius 3 is 2.19 bits per heavy atom. The number of hydrogen-bond donors (Lipinski definition) is 2. The van der Waals surface area contributed by atoms with Gasteiger partial charge in [-0.2, -0.15) is 0 Å². The number of ether oxygens (including phenoxy) is 1. The first-order valence-electron chi connectivity index (χ1n) is 7.92. The maximum atomic E-state index is 12.0. The highest BCUT2D eigenvalue weighted by atomic mass is 35.5. The summed E-state index contributed by atoms with van der Waals surface area (Å²) in [5.41, 5.74) is 2.87. The molecule has 0 bridgehead atoms. The van der Waals surface area contributed by atoms with Gasteiger partial charge in [0.15, 0.2) is 6.61 Å². The number of anilines is 1. The van der Waals surface area contributed by atoms with Crippen LogP contribution in [0.2, 0.25) is 5.02 Å². The van der Waals surface area contributed by atoms with E-state index in [-0.39, 0.29) is 18.0 Å². The molecule has 2 amide bonds. The van der Waals surface area contributed by atoms with Gasteiger partial charge in [0, 0.05) is 10.7 Å². The Balaban J connectivity index is 1.77. The fourth-order valence-electron chi connectivity index (χ4n) is 2.23. The van der Waals surface area contributed by atoms with Crippen LogP contribution in [0.4, 0.5) is 5.69 Å². The van der Waals surface area contributed by atoms with Crippen molar-refractivity contribution < 1.29 is 19.1 Å². The van der Waals surface area contributed by atoms with E-state index in [0.29, 0.717) is 5.02 Å². The highest BCUT2D eigenvalue weighted by molar-refractivity contribution is 6.30. The Bertz CT molecular complexity index is 799. The third kappa shape index (κ3) is 5.60. The standard InChI is InChI=1S/C19H19ClN2O4/c1-12-4-3-5-13(2)18(12)22-16(23)10-21-17(24)11-26-19(25)14-6-8-15(20)9-7-14/h3-9H,10-11H2,1-2H3,(H,21,24)(H,22,23). The molecule has 0 aromatic heterocycles. The number of esters is 1. The van der Waals surface area contributed by atoms with Gasteiger partial charge in [0.25, 0.3) is 5.91 Å². The normalized spacial score (nSPS) is 10.1. The number of benzene rings is 2. The van der Waals surface area contributed by atoms with Crippen LogP contribution in [-0.4, -0.2) is 30.9 Å². The number of rotatable bonds is 6. The van der Waals surface area contributed by atoms with E-state index in [1.807, 2.05) is 32.0 Å². The molecule has 2 aromatic carbocycles. The molecule has 0 atom stereocenters. The number of amides is 2. The molecule has 0 aliphatic rings. The van der Waals surface area contributed by atoms with Crippen molar-refractivity contribution in [2.24, 2.45) is 0 Å². The summed E-state index contributed by atoms with van der Waals surface area (Å²) in [5, 5.41) is 5.66. The molecule has 136 valence electrons. The van der Waals surface area contributed by atoms with Crippen LogP contribution in [0.1, 0.15) is 21.5 Å². The van der Waals surface area contributed by atoms with Crippen molar-refractivity contribution in [3.63, 3.8) is 0 Å². The van der Waals surface area contributed by atoms with Crippen LogP contribution in [0.3, 0.4) is 0 Å². The zero-order valence-corrected chi connectivity index (χ0v) is 15.2. The van der Waals surface area contributed by atoms with Gasteiger partial charge in [-0.3, -0.25) is 9.59 Å². The molecule has 0 fully saturated rings. The van der Waals surface area contributed by atoms with E-state index < -0.39 is 18.5 Å². The molecule has 2 aromatic rings. The van der Waals surface area contributed by atoms with Crippen molar-refractivity contribution in [3.8, 4) is 0 Å². The molecule has 0 heterocycles. The molecule has 0 spiro atoms. The zero-order chi connectivity index (χ0) is 19.1. The average molecular weight is 375 g/mol. The second-order valence-electron chi connectivity index (χ2n) is 5.67. The highest BCUT2D eigenvalue weighted by Crippen LogP contribution is 2.19. The second kappa shape index (κ2) is 9.01. The van der Waals surface area contributed by atoms with Crippen LogP contribution < -0.4 is 10.6 Å².